The summed E-state index contributed by atoms with van der Waals surface area (Å²) in [6, 6.07) is 18.4. The van der Waals surface area contributed by atoms with Crippen LogP contribution in [0.5, 0.6) is 0 Å². The molecule has 1 aliphatic rings. The SMILES string of the molecule is CC(NN1C(=O)CCCc2ccccc21)c1ccccc1. The highest BCUT2D eigenvalue weighted by molar-refractivity contribution is 5.94. The molecule has 1 heterocycles. The normalized spacial score (nSPS) is 16.2. The van der Waals surface area contributed by atoms with E-state index in [2.05, 4.69) is 30.5 Å². The fourth-order valence-electron chi connectivity index (χ4n) is 2.77. The molecule has 1 unspecified atom stereocenters. The summed E-state index contributed by atoms with van der Waals surface area (Å²) in [5, 5.41) is 1.74. The lowest BCUT2D eigenvalue weighted by atomic mass is 10.1. The molecule has 21 heavy (non-hydrogen) atoms. The van der Waals surface area contributed by atoms with Crippen LogP contribution in [0.4, 0.5) is 5.69 Å². The Morgan fingerprint density at radius 2 is 1.71 bits per heavy atom. The molecule has 0 saturated heterocycles. The van der Waals surface area contributed by atoms with Crippen molar-refractivity contribution >= 4 is 11.6 Å². The number of nitrogens with zero attached hydrogens (tertiary/aromatic N) is 1. The van der Waals surface area contributed by atoms with Gasteiger partial charge in [0, 0.05) is 12.5 Å². The Hall–Kier alpha value is -2.13. The molecule has 0 fully saturated rings. The van der Waals surface area contributed by atoms with Crippen molar-refractivity contribution < 1.29 is 4.79 Å². The molecular weight excluding hydrogens is 260 g/mol. The fraction of sp³-hybridized carbons (Fsp3) is 0.278. The number of amides is 1. The molecule has 1 amide bonds. The first-order valence-corrected chi connectivity index (χ1v) is 7.47. The Kier molecular flexibility index (Phi) is 4.02. The lowest BCUT2D eigenvalue weighted by Crippen LogP contribution is -2.44. The summed E-state index contributed by atoms with van der Waals surface area (Å²) in [5.41, 5.74) is 6.76. The van der Waals surface area contributed by atoms with Gasteiger partial charge in [0.25, 0.3) is 0 Å². The quantitative estimate of drug-likeness (QED) is 0.931. The number of fused-ring (bicyclic) bond motifs is 1. The number of carbonyl (C=O) groups excluding carboxylic acids is 1. The van der Waals surface area contributed by atoms with Crippen molar-refractivity contribution in [3.05, 3.63) is 65.7 Å². The van der Waals surface area contributed by atoms with Crippen LogP contribution in [0.2, 0.25) is 0 Å². The molecule has 108 valence electrons. The number of hydrogen-bond acceptors (Lipinski definition) is 2. The van der Waals surface area contributed by atoms with E-state index in [1.807, 2.05) is 36.4 Å². The topological polar surface area (TPSA) is 32.3 Å². The molecule has 0 aromatic heterocycles. The Labute approximate surface area is 125 Å². The molecule has 0 radical (unpaired) electrons. The van der Waals surface area contributed by atoms with Gasteiger partial charge >= 0.3 is 0 Å². The molecule has 1 N–H and O–H groups in total. The average Bonchev–Trinajstić information content (AvgIpc) is 2.68. The van der Waals surface area contributed by atoms with E-state index >= 15 is 0 Å². The molecule has 0 saturated carbocycles. The fourth-order valence-corrected chi connectivity index (χ4v) is 2.77. The van der Waals surface area contributed by atoms with Crippen molar-refractivity contribution in [1.82, 2.24) is 5.43 Å². The monoisotopic (exact) mass is 280 g/mol. The molecule has 0 spiro atoms. The maximum absolute atomic E-state index is 12.4. The van der Waals surface area contributed by atoms with Crippen molar-refractivity contribution in [2.45, 2.75) is 32.2 Å². The predicted octanol–water partition coefficient (Wildman–Crippen LogP) is 3.62. The van der Waals surface area contributed by atoms with Gasteiger partial charge in [-0.05, 0) is 37.0 Å². The second-order valence-electron chi connectivity index (χ2n) is 5.47. The van der Waals surface area contributed by atoms with Crippen LogP contribution in [0, 0.1) is 0 Å². The number of aryl methyl sites for hydroxylation is 1. The van der Waals surface area contributed by atoms with E-state index in [1.54, 1.807) is 5.01 Å². The highest BCUT2D eigenvalue weighted by Gasteiger charge is 2.23. The molecule has 2 aromatic carbocycles. The molecule has 0 aliphatic carbocycles. The number of rotatable bonds is 3. The number of para-hydroxylation sites is 1. The summed E-state index contributed by atoms with van der Waals surface area (Å²) in [4.78, 5) is 12.4. The van der Waals surface area contributed by atoms with Gasteiger partial charge in [0.2, 0.25) is 5.91 Å². The van der Waals surface area contributed by atoms with Crippen molar-refractivity contribution in [3.8, 4) is 0 Å². The molecular formula is C18H20N2O. The third kappa shape index (κ3) is 2.98. The van der Waals surface area contributed by atoms with Crippen LogP contribution in [0.15, 0.2) is 54.6 Å². The third-order valence-corrected chi connectivity index (χ3v) is 3.94. The van der Waals surface area contributed by atoms with E-state index in [-0.39, 0.29) is 11.9 Å². The van der Waals surface area contributed by atoms with E-state index in [0.29, 0.717) is 6.42 Å². The molecule has 3 heteroatoms. The Bertz CT molecular complexity index is 624. The second-order valence-corrected chi connectivity index (χ2v) is 5.47. The van der Waals surface area contributed by atoms with E-state index in [0.717, 1.165) is 18.5 Å². The number of anilines is 1. The summed E-state index contributed by atoms with van der Waals surface area (Å²) < 4.78 is 0. The van der Waals surface area contributed by atoms with Crippen molar-refractivity contribution in [2.75, 3.05) is 5.01 Å². The van der Waals surface area contributed by atoms with Crippen molar-refractivity contribution in [3.63, 3.8) is 0 Å². The molecule has 0 bridgehead atoms. The first kappa shape index (κ1) is 13.8. The van der Waals surface area contributed by atoms with Gasteiger partial charge in [-0.15, -0.1) is 0 Å². The molecule has 2 aromatic rings. The van der Waals surface area contributed by atoms with Crippen molar-refractivity contribution in [1.29, 1.82) is 0 Å². The summed E-state index contributed by atoms with van der Waals surface area (Å²) in [5.74, 6) is 0.141. The zero-order chi connectivity index (χ0) is 14.7. The minimum atomic E-state index is 0.0845. The predicted molar refractivity (Wildman–Crippen MR) is 84.9 cm³/mol. The molecule has 1 aliphatic heterocycles. The Morgan fingerprint density at radius 1 is 1.00 bits per heavy atom. The van der Waals surface area contributed by atoms with Crippen LogP contribution in [-0.2, 0) is 11.2 Å². The minimum absolute atomic E-state index is 0.0845. The van der Waals surface area contributed by atoms with Crippen LogP contribution in [0.1, 0.15) is 36.9 Å². The summed E-state index contributed by atoms with van der Waals surface area (Å²) in [7, 11) is 0. The zero-order valence-electron chi connectivity index (χ0n) is 12.3. The molecule has 1 atom stereocenters. The van der Waals surface area contributed by atoms with Gasteiger partial charge in [-0.2, -0.15) is 0 Å². The highest BCUT2D eigenvalue weighted by atomic mass is 16.2. The number of hydrazine groups is 1. The first-order valence-electron chi connectivity index (χ1n) is 7.47. The minimum Gasteiger partial charge on any atom is -0.273 e. The summed E-state index contributed by atoms with van der Waals surface area (Å²) in [6.45, 7) is 2.08. The van der Waals surface area contributed by atoms with E-state index in [4.69, 9.17) is 0 Å². The lowest BCUT2D eigenvalue weighted by molar-refractivity contribution is -0.119. The highest BCUT2D eigenvalue weighted by Crippen LogP contribution is 2.26. The molecule has 3 rings (SSSR count). The largest absolute Gasteiger partial charge is 0.273 e. The number of carbonyl (C=O) groups is 1. The van der Waals surface area contributed by atoms with E-state index < -0.39 is 0 Å². The van der Waals surface area contributed by atoms with Crippen LogP contribution < -0.4 is 10.4 Å². The average molecular weight is 280 g/mol. The van der Waals surface area contributed by atoms with Crippen LogP contribution in [0.25, 0.3) is 0 Å². The van der Waals surface area contributed by atoms with Crippen LogP contribution >= 0.6 is 0 Å². The van der Waals surface area contributed by atoms with Crippen LogP contribution in [0.3, 0.4) is 0 Å². The second kappa shape index (κ2) is 6.10. The number of nitrogens with one attached hydrogen (secondary N) is 1. The van der Waals surface area contributed by atoms with Gasteiger partial charge < -0.3 is 0 Å². The first-order chi connectivity index (χ1) is 10.3. The maximum Gasteiger partial charge on any atom is 0.241 e. The zero-order valence-corrected chi connectivity index (χ0v) is 12.3. The third-order valence-electron chi connectivity index (χ3n) is 3.94. The van der Waals surface area contributed by atoms with Gasteiger partial charge in [0.15, 0.2) is 0 Å². The number of benzene rings is 2. The van der Waals surface area contributed by atoms with Gasteiger partial charge in [-0.1, -0.05) is 48.5 Å². The van der Waals surface area contributed by atoms with Crippen LogP contribution in [-0.4, -0.2) is 5.91 Å². The summed E-state index contributed by atoms with van der Waals surface area (Å²) >= 11 is 0. The van der Waals surface area contributed by atoms with Crippen molar-refractivity contribution in [2.24, 2.45) is 0 Å². The standard InChI is InChI=1S/C18H20N2O/c1-14(15-8-3-2-4-9-15)19-20-17-12-6-5-10-16(17)11-7-13-18(20)21/h2-6,8-10,12,14,19H,7,11,13H2,1H3. The number of hydrogen-bond donors (Lipinski definition) is 1. The lowest BCUT2D eigenvalue weighted by Gasteiger charge is -2.27. The smallest absolute Gasteiger partial charge is 0.241 e. The Morgan fingerprint density at radius 3 is 2.52 bits per heavy atom. The summed E-state index contributed by atoms with van der Waals surface area (Å²) in [6.07, 6.45) is 2.46. The Balaban J connectivity index is 1.88. The van der Waals surface area contributed by atoms with E-state index in [1.165, 1.54) is 11.1 Å². The van der Waals surface area contributed by atoms with E-state index in [9.17, 15) is 4.79 Å². The van der Waals surface area contributed by atoms with Gasteiger partial charge in [-0.3, -0.25) is 4.79 Å². The van der Waals surface area contributed by atoms with Gasteiger partial charge in [0.05, 0.1) is 5.69 Å². The van der Waals surface area contributed by atoms with Gasteiger partial charge in [0.1, 0.15) is 0 Å². The molecule has 3 nitrogen and oxygen atoms in total. The maximum atomic E-state index is 12.4. The van der Waals surface area contributed by atoms with Gasteiger partial charge in [-0.25, -0.2) is 10.4 Å².